The molecule has 1 saturated heterocycles. The molecule has 1 aliphatic rings. The van der Waals surface area contributed by atoms with E-state index in [0.29, 0.717) is 5.92 Å². The summed E-state index contributed by atoms with van der Waals surface area (Å²) in [6, 6.07) is 10.9. The van der Waals surface area contributed by atoms with Crippen LogP contribution in [-0.2, 0) is 0 Å². The van der Waals surface area contributed by atoms with Gasteiger partial charge in [-0.05, 0) is 43.3 Å². The monoisotopic (exact) mass is 217 g/mol. The maximum atomic E-state index is 2.62. The summed E-state index contributed by atoms with van der Waals surface area (Å²) in [5.74, 6) is 1.60. The van der Waals surface area contributed by atoms with E-state index >= 15 is 0 Å². The summed E-state index contributed by atoms with van der Waals surface area (Å²) in [5.41, 5.74) is 1.47. The van der Waals surface area contributed by atoms with Gasteiger partial charge in [-0.15, -0.1) is 0 Å². The highest BCUT2D eigenvalue weighted by atomic mass is 15.1. The number of rotatable bonds is 3. The van der Waals surface area contributed by atoms with Gasteiger partial charge in [0.2, 0.25) is 0 Å². The molecular formula is C15H23N. The average Bonchev–Trinajstić information content (AvgIpc) is 2.33. The lowest BCUT2D eigenvalue weighted by Crippen LogP contribution is -2.35. The first-order valence-electron chi connectivity index (χ1n) is 6.53. The summed E-state index contributed by atoms with van der Waals surface area (Å²) in [5, 5.41) is 0. The second kappa shape index (κ2) is 5.49. The molecule has 0 aliphatic carbocycles. The van der Waals surface area contributed by atoms with Crippen molar-refractivity contribution in [2.45, 2.75) is 32.6 Å². The third-order valence-corrected chi connectivity index (χ3v) is 3.78. The highest BCUT2D eigenvalue weighted by Gasteiger charge is 2.17. The summed E-state index contributed by atoms with van der Waals surface area (Å²) in [6.07, 6.45) is 2.75. The highest BCUT2D eigenvalue weighted by Crippen LogP contribution is 2.21. The zero-order valence-electron chi connectivity index (χ0n) is 10.5. The van der Waals surface area contributed by atoms with Gasteiger partial charge in [0, 0.05) is 6.54 Å². The molecule has 1 aromatic rings. The second-order valence-electron chi connectivity index (χ2n) is 5.29. The largest absolute Gasteiger partial charge is 0.303 e. The maximum absolute atomic E-state index is 2.62. The van der Waals surface area contributed by atoms with E-state index in [-0.39, 0.29) is 0 Å². The van der Waals surface area contributed by atoms with Crippen LogP contribution in [0.2, 0.25) is 0 Å². The van der Waals surface area contributed by atoms with E-state index in [2.05, 4.69) is 49.1 Å². The van der Waals surface area contributed by atoms with Crippen LogP contribution >= 0.6 is 0 Å². The van der Waals surface area contributed by atoms with E-state index in [9.17, 15) is 0 Å². The Kier molecular flexibility index (Phi) is 4.00. The predicted octanol–water partition coefficient (Wildman–Crippen LogP) is 3.52. The molecule has 0 aromatic heterocycles. The molecule has 1 aliphatic heterocycles. The average molecular weight is 217 g/mol. The van der Waals surface area contributed by atoms with Crippen molar-refractivity contribution >= 4 is 0 Å². The Balaban J connectivity index is 1.86. The molecule has 1 fully saturated rings. The molecule has 0 saturated carbocycles. The van der Waals surface area contributed by atoms with Crippen molar-refractivity contribution in [3.63, 3.8) is 0 Å². The third-order valence-electron chi connectivity index (χ3n) is 3.78. The van der Waals surface area contributed by atoms with E-state index in [1.807, 2.05) is 0 Å². The van der Waals surface area contributed by atoms with Crippen molar-refractivity contribution in [1.29, 1.82) is 0 Å². The van der Waals surface area contributed by atoms with Gasteiger partial charge in [0.15, 0.2) is 0 Å². The molecule has 2 rings (SSSR count). The SMILES string of the molecule is CC1CCN(C[C@@H](C)c2ccccc2)CC1. The van der Waals surface area contributed by atoms with Gasteiger partial charge in [-0.2, -0.15) is 0 Å². The van der Waals surface area contributed by atoms with Crippen molar-refractivity contribution in [2.75, 3.05) is 19.6 Å². The molecule has 88 valence electrons. The first kappa shape index (κ1) is 11.7. The standard InChI is InChI=1S/C15H23N/c1-13-8-10-16(11-9-13)12-14(2)15-6-4-3-5-7-15/h3-7,13-14H,8-12H2,1-2H3/t14-/m1/s1. The highest BCUT2D eigenvalue weighted by molar-refractivity contribution is 5.19. The summed E-state index contributed by atoms with van der Waals surface area (Å²) in [6.45, 7) is 8.51. The Morgan fingerprint density at radius 3 is 2.44 bits per heavy atom. The Hall–Kier alpha value is -0.820. The molecule has 0 unspecified atom stereocenters. The lowest BCUT2D eigenvalue weighted by Gasteiger charge is -2.32. The van der Waals surface area contributed by atoms with Crippen molar-refractivity contribution in [1.82, 2.24) is 4.90 Å². The van der Waals surface area contributed by atoms with Gasteiger partial charge < -0.3 is 4.90 Å². The summed E-state index contributed by atoms with van der Waals surface area (Å²) in [7, 11) is 0. The van der Waals surface area contributed by atoms with E-state index < -0.39 is 0 Å². The Bertz CT molecular complexity index is 298. The quantitative estimate of drug-likeness (QED) is 0.748. The first-order chi connectivity index (χ1) is 7.75. The minimum Gasteiger partial charge on any atom is -0.303 e. The smallest absolute Gasteiger partial charge is 0.00476 e. The van der Waals surface area contributed by atoms with E-state index in [1.54, 1.807) is 0 Å². The number of nitrogens with zero attached hydrogens (tertiary/aromatic N) is 1. The van der Waals surface area contributed by atoms with Crippen LogP contribution in [0.15, 0.2) is 30.3 Å². The van der Waals surface area contributed by atoms with Crippen molar-refractivity contribution in [2.24, 2.45) is 5.92 Å². The van der Waals surface area contributed by atoms with Crippen LogP contribution in [0.25, 0.3) is 0 Å². The molecule has 0 radical (unpaired) electrons. The summed E-state index contributed by atoms with van der Waals surface area (Å²) >= 11 is 0. The summed E-state index contributed by atoms with van der Waals surface area (Å²) < 4.78 is 0. The topological polar surface area (TPSA) is 3.24 Å². The van der Waals surface area contributed by atoms with E-state index in [1.165, 1.54) is 38.0 Å². The predicted molar refractivity (Wildman–Crippen MR) is 69.7 cm³/mol. The fourth-order valence-electron chi connectivity index (χ4n) is 2.52. The second-order valence-corrected chi connectivity index (χ2v) is 5.29. The fraction of sp³-hybridized carbons (Fsp3) is 0.600. The van der Waals surface area contributed by atoms with E-state index in [0.717, 1.165) is 5.92 Å². The van der Waals surface area contributed by atoms with Gasteiger partial charge in [-0.3, -0.25) is 0 Å². The number of likely N-dealkylation sites (tertiary alicyclic amines) is 1. The molecule has 0 spiro atoms. The van der Waals surface area contributed by atoms with Gasteiger partial charge in [-0.25, -0.2) is 0 Å². The molecule has 1 atom stereocenters. The molecule has 0 bridgehead atoms. The Labute approximate surface area is 99.5 Å². The minimum absolute atomic E-state index is 0.662. The number of hydrogen-bond donors (Lipinski definition) is 0. The van der Waals surface area contributed by atoms with Gasteiger partial charge in [-0.1, -0.05) is 44.2 Å². The molecular weight excluding hydrogens is 194 g/mol. The van der Waals surface area contributed by atoms with Crippen molar-refractivity contribution in [3.8, 4) is 0 Å². The third kappa shape index (κ3) is 3.08. The van der Waals surface area contributed by atoms with Crippen LogP contribution in [0.5, 0.6) is 0 Å². The first-order valence-corrected chi connectivity index (χ1v) is 6.53. The molecule has 1 heteroatoms. The molecule has 1 aromatic carbocycles. The number of hydrogen-bond acceptors (Lipinski definition) is 1. The zero-order valence-corrected chi connectivity index (χ0v) is 10.5. The Morgan fingerprint density at radius 1 is 1.19 bits per heavy atom. The molecule has 1 heterocycles. The van der Waals surface area contributed by atoms with Gasteiger partial charge >= 0.3 is 0 Å². The van der Waals surface area contributed by atoms with Gasteiger partial charge in [0.25, 0.3) is 0 Å². The van der Waals surface area contributed by atoms with Gasteiger partial charge in [0.1, 0.15) is 0 Å². The van der Waals surface area contributed by atoms with E-state index in [4.69, 9.17) is 0 Å². The van der Waals surface area contributed by atoms with Crippen LogP contribution in [0.4, 0.5) is 0 Å². The minimum atomic E-state index is 0.662. The summed E-state index contributed by atoms with van der Waals surface area (Å²) in [4.78, 5) is 2.62. The van der Waals surface area contributed by atoms with Crippen molar-refractivity contribution in [3.05, 3.63) is 35.9 Å². The van der Waals surface area contributed by atoms with Crippen LogP contribution in [-0.4, -0.2) is 24.5 Å². The Morgan fingerprint density at radius 2 is 1.81 bits per heavy atom. The van der Waals surface area contributed by atoms with Gasteiger partial charge in [0.05, 0.1) is 0 Å². The van der Waals surface area contributed by atoms with Crippen LogP contribution < -0.4 is 0 Å². The molecule has 0 amide bonds. The lowest BCUT2D eigenvalue weighted by atomic mass is 9.96. The van der Waals surface area contributed by atoms with Crippen molar-refractivity contribution < 1.29 is 0 Å². The number of benzene rings is 1. The molecule has 16 heavy (non-hydrogen) atoms. The van der Waals surface area contributed by atoms with Crippen LogP contribution in [0.3, 0.4) is 0 Å². The maximum Gasteiger partial charge on any atom is 0.00476 e. The van der Waals surface area contributed by atoms with Crippen LogP contribution in [0.1, 0.15) is 38.2 Å². The number of piperidine rings is 1. The molecule has 0 N–H and O–H groups in total. The normalized spacial score (nSPS) is 20.9. The fourth-order valence-corrected chi connectivity index (χ4v) is 2.52. The van der Waals surface area contributed by atoms with Crippen LogP contribution in [0, 0.1) is 5.92 Å². The molecule has 1 nitrogen and oxygen atoms in total. The lowest BCUT2D eigenvalue weighted by molar-refractivity contribution is 0.185. The zero-order chi connectivity index (χ0) is 11.4.